The van der Waals surface area contributed by atoms with Gasteiger partial charge in [-0.3, -0.25) is 14.4 Å². The monoisotopic (exact) mass is 1140 g/mol. The van der Waals surface area contributed by atoms with Gasteiger partial charge in [-0.25, -0.2) is 0 Å². The summed E-state index contributed by atoms with van der Waals surface area (Å²) in [6, 6.07) is 0. The van der Waals surface area contributed by atoms with Crippen LogP contribution in [0.15, 0.2) is 170 Å². The Bertz CT molecular complexity index is 1890. The highest BCUT2D eigenvalue weighted by atomic mass is 16.6. The number of ether oxygens (including phenoxy) is 3. The van der Waals surface area contributed by atoms with Crippen molar-refractivity contribution in [3.8, 4) is 0 Å². The quantitative estimate of drug-likeness (QED) is 0.0261. The summed E-state index contributed by atoms with van der Waals surface area (Å²) in [4.78, 5) is 38.5. The van der Waals surface area contributed by atoms with Gasteiger partial charge in [0.1, 0.15) is 13.2 Å². The Morgan fingerprint density at radius 2 is 0.434 bits per heavy atom. The van der Waals surface area contributed by atoms with Gasteiger partial charge >= 0.3 is 17.9 Å². The lowest BCUT2D eigenvalue weighted by atomic mass is 10.1. The Morgan fingerprint density at radius 1 is 0.241 bits per heavy atom. The summed E-state index contributed by atoms with van der Waals surface area (Å²) in [6.45, 7) is 6.27. The lowest BCUT2D eigenvalue weighted by Gasteiger charge is -2.18. The van der Waals surface area contributed by atoms with Crippen LogP contribution in [0.1, 0.15) is 278 Å². The van der Waals surface area contributed by atoms with Crippen LogP contribution >= 0.6 is 0 Å². The lowest BCUT2D eigenvalue weighted by molar-refractivity contribution is -0.167. The predicted octanol–water partition coefficient (Wildman–Crippen LogP) is 23.4. The minimum absolute atomic E-state index is 0.102. The Labute approximate surface area is 511 Å². The summed E-state index contributed by atoms with van der Waals surface area (Å²) >= 11 is 0. The molecule has 0 radical (unpaired) electrons. The molecular formula is C77H122O6. The van der Waals surface area contributed by atoms with E-state index in [1.54, 1.807) is 0 Å². The van der Waals surface area contributed by atoms with Crippen LogP contribution in [0.4, 0.5) is 0 Å². The maximum Gasteiger partial charge on any atom is 0.306 e. The second kappa shape index (κ2) is 69.3. The lowest BCUT2D eigenvalue weighted by Crippen LogP contribution is -2.30. The fourth-order valence-electron chi connectivity index (χ4n) is 8.78. The molecule has 83 heavy (non-hydrogen) atoms. The molecule has 0 aromatic heterocycles. The third kappa shape index (κ3) is 67.4. The zero-order valence-electron chi connectivity index (χ0n) is 53.4. The highest BCUT2D eigenvalue weighted by molar-refractivity contribution is 5.71. The Morgan fingerprint density at radius 3 is 0.675 bits per heavy atom. The zero-order valence-corrected chi connectivity index (χ0v) is 53.4. The first-order valence-corrected chi connectivity index (χ1v) is 33.6. The molecule has 0 spiro atoms. The topological polar surface area (TPSA) is 78.9 Å². The average Bonchev–Trinajstić information content (AvgIpc) is 3.50. The number of hydrogen-bond donors (Lipinski definition) is 0. The van der Waals surface area contributed by atoms with Gasteiger partial charge in [0.25, 0.3) is 0 Å². The van der Waals surface area contributed by atoms with E-state index >= 15 is 0 Å². The first-order valence-electron chi connectivity index (χ1n) is 33.6. The first kappa shape index (κ1) is 77.8. The van der Waals surface area contributed by atoms with Crippen molar-refractivity contribution >= 4 is 17.9 Å². The minimum atomic E-state index is -0.809. The third-order valence-electron chi connectivity index (χ3n) is 13.7. The molecule has 0 rings (SSSR count). The number of allylic oxidation sites excluding steroid dienone is 28. The predicted molar refractivity (Wildman–Crippen MR) is 361 cm³/mol. The van der Waals surface area contributed by atoms with E-state index in [1.807, 2.05) is 0 Å². The minimum Gasteiger partial charge on any atom is -0.462 e. The zero-order chi connectivity index (χ0) is 59.9. The molecule has 1 unspecified atom stereocenters. The molecule has 0 aliphatic rings. The van der Waals surface area contributed by atoms with Crippen molar-refractivity contribution in [1.29, 1.82) is 0 Å². The van der Waals surface area contributed by atoms with E-state index in [1.165, 1.54) is 51.4 Å². The van der Waals surface area contributed by atoms with Crippen LogP contribution in [0, 0.1) is 0 Å². The fraction of sp³-hybridized carbons (Fsp3) is 0.597. The molecule has 1 atom stereocenters. The molecule has 6 nitrogen and oxygen atoms in total. The van der Waals surface area contributed by atoms with Crippen LogP contribution in [-0.2, 0) is 28.6 Å². The molecule has 0 amide bonds. The van der Waals surface area contributed by atoms with Crippen LogP contribution in [-0.4, -0.2) is 37.2 Å². The van der Waals surface area contributed by atoms with Gasteiger partial charge in [0.15, 0.2) is 6.10 Å². The smallest absolute Gasteiger partial charge is 0.306 e. The highest BCUT2D eigenvalue weighted by Crippen LogP contribution is 2.15. The van der Waals surface area contributed by atoms with Crippen molar-refractivity contribution in [2.24, 2.45) is 0 Å². The van der Waals surface area contributed by atoms with Gasteiger partial charge < -0.3 is 14.2 Å². The summed E-state index contributed by atoms with van der Waals surface area (Å²) in [5.74, 6) is -0.941. The molecule has 0 aromatic carbocycles. The molecule has 0 N–H and O–H groups in total. The molecule has 0 bridgehead atoms. The van der Waals surface area contributed by atoms with E-state index in [4.69, 9.17) is 14.2 Å². The maximum absolute atomic E-state index is 13.0. The van der Waals surface area contributed by atoms with E-state index in [2.05, 4.69) is 191 Å². The molecular weight excluding hydrogens is 1020 g/mol. The van der Waals surface area contributed by atoms with E-state index in [0.29, 0.717) is 19.3 Å². The maximum atomic E-state index is 13.0. The molecule has 0 saturated carbocycles. The van der Waals surface area contributed by atoms with Crippen molar-refractivity contribution in [3.63, 3.8) is 0 Å². The van der Waals surface area contributed by atoms with Gasteiger partial charge in [-0.05, 0) is 148 Å². The van der Waals surface area contributed by atoms with Crippen LogP contribution in [0.5, 0.6) is 0 Å². The second-order valence-electron chi connectivity index (χ2n) is 21.6. The molecule has 0 aliphatic carbocycles. The summed E-state index contributed by atoms with van der Waals surface area (Å²) in [6.07, 6.45) is 102. The van der Waals surface area contributed by atoms with Gasteiger partial charge in [-0.15, -0.1) is 0 Å². The highest BCUT2D eigenvalue weighted by Gasteiger charge is 2.19. The molecule has 0 fully saturated rings. The van der Waals surface area contributed by atoms with E-state index in [9.17, 15) is 14.4 Å². The number of unbranched alkanes of at least 4 members (excludes halogenated alkanes) is 20. The Balaban J connectivity index is 4.49. The van der Waals surface area contributed by atoms with Crippen molar-refractivity contribution in [3.05, 3.63) is 170 Å². The fourth-order valence-corrected chi connectivity index (χ4v) is 8.78. The standard InChI is InChI=1S/C77H122O6/c1-4-7-10-13-16-19-22-25-28-31-34-36-37-38-39-41-43-46-49-52-55-58-61-64-67-70-76(79)82-73-74(72-81-75(78)69-66-63-60-57-54-51-48-45-42-33-30-27-24-21-18-15-12-9-6-3)83-77(80)71-68-65-62-59-56-53-50-47-44-40-35-32-29-26-23-20-17-14-11-8-5-2/h7-12,16-21,25-30,34-36,38-40,42,45,47,50,74H,4-6,13-15,22-24,31-33,37,41,43-44,46,48-49,51-73H2,1-3H3/b10-7-,11-8-,12-9-,19-16-,20-17-,21-18-,28-25-,29-26-,30-27-,36-34-,39-38-,40-35-,45-42-,50-47-. The van der Waals surface area contributed by atoms with Gasteiger partial charge in [0.05, 0.1) is 0 Å². The average molecular weight is 1140 g/mol. The number of rotatable bonds is 59. The van der Waals surface area contributed by atoms with E-state index < -0.39 is 6.10 Å². The normalized spacial score (nSPS) is 13.2. The van der Waals surface area contributed by atoms with Crippen LogP contribution in [0.25, 0.3) is 0 Å². The number of carbonyl (C=O) groups excluding carboxylic acids is 3. The van der Waals surface area contributed by atoms with Gasteiger partial charge in [0, 0.05) is 19.3 Å². The summed E-state index contributed by atoms with van der Waals surface area (Å²) < 4.78 is 16.9. The summed E-state index contributed by atoms with van der Waals surface area (Å²) in [7, 11) is 0. The van der Waals surface area contributed by atoms with Crippen molar-refractivity contribution in [2.75, 3.05) is 13.2 Å². The Hall–Kier alpha value is -5.23. The second-order valence-corrected chi connectivity index (χ2v) is 21.6. The molecule has 6 heteroatoms. The molecule has 0 heterocycles. The summed E-state index contributed by atoms with van der Waals surface area (Å²) in [5, 5.41) is 0. The van der Waals surface area contributed by atoms with Crippen LogP contribution < -0.4 is 0 Å². The molecule has 0 aliphatic heterocycles. The summed E-state index contributed by atoms with van der Waals surface area (Å²) in [5.41, 5.74) is 0. The van der Waals surface area contributed by atoms with Gasteiger partial charge in [-0.1, -0.05) is 281 Å². The molecule has 466 valence electrons. The van der Waals surface area contributed by atoms with E-state index in [0.717, 1.165) is 186 Å². The third-order valence-corrected chi connectivity index (χ3v) is 13.7. The van der Waals surface area contributed by atoms with Crippen molar-refractivity contribution in [2.45, 2.75) is 284 Å². The first-order chi connectivity index (χ1) is 41.0. The Kier molecular flexibility index (Phi) is 64.9. The van der Waals surface area contributed by atoms with E-state index in [-0.39, 0.29) is 31.1 Å². The van der Waals surface area contributed by atoms with Crippen LogP contribution in [0.2, 0.25) is 0 Å². The number of hydrogen-bond acceptors (Lipinski definition) is 6. The number of carbonyl (C=O) groups is 3. The molecule has 0 saturated heterocycles. The SMILES string of the molecule is CC/C=C\C/C=C\C/C=C\C/C=C\C/C=C\CCCCCCCCCCCC(=O)OCC(COC(=O)CCCCCCCC/C=C\C/C=C\C/C=C\C/C=C\CC)OC(=O)CCCCCCC/C=C\C/C=C\C/C=C\C/C=C\C/C=C\CC. The van der Waals surface area contributed by atoms with Gasteiger partial charge in [-0.2, -0.15) is 0 Å². The van der Waals surface area contributed by atoms with Crippen molar-refractivity contribution in [1.82, 2.24) is 0 Å². The van der Waals surface area contributed by atoms with Crippen LogP contribution in [0.3, 0.4) is 0 Å². The van der Waals surface area contributed by atoms with Crippen molar-refractivity contribution < 1.29 is 28.6 Å². The largest absolute Gasteiger partial charge is 0.462 e. The molecule has 0 aromatic rings. The van der Waals surface area contributed by atoms with Gasteiger partial charge in [0.2, 0.25) is 0 Å². The number of esters is 3.